The predicted octanol–water partition coefficient (Wildman–Crippen LogP) is 12.2. The number of rotatable bonds is 12. The highest BCUT2D eigenvalue weighted by atomic mass is 14.1. The van der Waals surface area contributed by atoms with Gasteiger partial charge in [0, 0.05) is 0 Å². The van der Waals surface area contributed by atoms with Gasteiger partial charge < -0.3 is 0 Å². The van der Waals surface area contributed by atoms with E-state index in [0.717, 1.165) is 24.3 Å². The van der Waals surface area contributed by atoms with Crippen molar-refractivity contribution in [3.63, 3.8) is 0 Å². The van der Waals surface area contributed by atoms with Gasteiger partial charge in [0.05, 0.1) is 0 Å². The molecule has 0 fully saturated rings. The van der Waals surface area contributed by atoms with Crippen LogP contribution in [0.2, 0.25) is 0 Å². The second-order valence-corrected chi connectivity index (χ2v) is 8.61. The van der Waals surface area contributed by atoms with Crippen molar-refractivity contribution in [2.75, 3.05) is 0 Å². The number of hydrogen-bond acceptors (Lipinski definition) is 0. The van der Waals surface area contributed by atoms with E-state index in [9.17, 15) is 0 Å². The average molecular weight is 479 g/mol. The van der Waals surface area contributed by atoms with Gasteiger partial charge in [0.15, 0.2) is 0 Å². The summed E-state index contributed by atoms with van der Waals surface area (Å²) in [4.78, 5) is 0. The third-order valence-corrected chi connectivity index (χ3v) is 5.67. The molecule has 0 aliphatic carbocycles. The van der Waals surface area contributed by atoms with Crippen molar-refractivity contribution in [1.82, 2.24) is 0 Å². The summed E-state index contributed by atoms with van der Waals surface area (Å²) in [5.74, 6) is 1.48. The third-order valence-electron chi connectivity index (χ3n) is 5.67. The van der Waals surface area contributed by atoms with Crippen LogP contribution < -0.4 is 0 Å². The van der Waals surface area contributed by atoms with Crippen molar-refractivity contribution in [1.29, 1.82) is 0 Å². The summed E-state index contributed by atoms with van der Waals surface area (Å²) < 4.78 is 0. The van der Waals surface area contributed by atoms with Gasteiger partial charge in [-0.3, -0.25) is 0 Å². The lowest BCUT2D eigenvalue weighted by atomic mass is 9.95. The van der Waals surface area contributed by atoms with Crippen molar-refractivity contribution < 1.29 is 0 Å². The maximum absolute atomic E-state index is 4.21. The Morgan fingerprint density at radius 3 is 1.94 bits per heavy atom. The molecule has 35 heavy (non-hydrogen) atoms. The van der Waals surface area contributed by atoms with Crippen molar-refractivity contribution >= 4 is 0 Å². The Kier molecular flexibility index (Phi) is 29.7. The van der Waals surface area contributed by atoms with E-state index in [0.29, 0.717) is 5.92 Å². The number of allylic oxidation sites excluding steroid dienone is 9. The van der Waals surface area contributed by atoms with E-state index in [4.69, 9.17) is 0 Å². The van der Waals surface area contributed by atoms with Gasteiger partial charge >= 0.3 is 0 Å². The summed E-state index contributed by atoms with van der Waals surface area (Å²) in [6.07, 6.45) is 19.7. The number of unbranched alkanes of at least 4 members (excludes halogenated alkanes) is 1. The zero-order valence-corrected chi connectivity index (χ0v) is 24.9. The van der Waals surface area contributed by atoms with Gasteiger partial charge in [-0.25, -0.2) is 0 Å². The average Bonchev–Trinajstić information content (AvgIpc) is 2.90. The summed E-state index contributed by atoms with van der Waals surface area (Å²) in [6.45, 7) is 30.5. The first-order valence-electron chi connectivity index (χ1n) is 13.7. The molecule has 198 valence electrons. The molecular weight excluding hydrogens is 420 g/mol. The SMILES string of the molecule is C=CC.C=CC(=CC)CC(=C)/C(C=CCC(C)c1ccccc1)=C/C.CC.CCCCC(C)CC. The van der Waals surface area contributed by atoms with Gasteiger partial charge in [-0.2, -0.15) is 0 Å². The normalized spacial score (nSPS) is 12.6. The van der Waals surface area contributed by atoms with E-state index in [1.807, 2.05) is 33.8 Å². The van der Waals surface area contributed by atoms with Crippen molar-refractivity contribution in [2.45, 2.75) is 107 Å². The third kappa shape index (κ3) is 21.9. The molecule has 0 spiro atoms. The van der Waals surface area contributed by atoms with E-state index in [2.05, 4.69) is 109 Å². The number of hydrogen-bond donors (Lipinski definition) is 0. The molecule has 0 aliphatic heterocycles. The van der Waals surface area contributed by atoms with E-state index in [1.165, 1.54) is 42.4 Å². The summed E-state index contributed by atoms with van der Waals surface area (Å²) in [7, 11) is 0. The molecule has 0 bridgehead atoms. The molecule has 1 rings (SSSR count). The lowest BCUT2D eigenvalue weighted by Gasteiger charge is -2.10. The second-order valence-electron chi connectivity index (χ2n) is 8.61. The molecular formula is C35H58. The number of benzene rings is 1. The first kappa shape index (κ1) is 37.2. The molecule has 0 N–H and O–H groups in total. The Morgan fingerprint density at radius 2 is 1.51 bits per heavy atom. The minimum atomic E-state index is 0.531. The molecule has 2 unspecified atom stereocenters. The molecule has 0 heterocycles. The standard InChI is InChI=1S/C22H28.C8H18.C3H6.C2H6/c1-6-20(7-2)17-19(5)21(8-3)16-12-13-18(4)22-14-10-9-11-15-22;1-4-6-7-8(3)5-2;1-3-2;1-2/h6-12,14-16,18H,1,5,13,17H2,2-4H3;8H,4-7H2,1-3H3;3H,1H2,2H3;1-2H3/b16-12?,20-7?,21-8+;;;. The zero-order chi connectivity index (χ0) is 27.5. The second kappa shape index (κ2) is 27.9. The van der Waals surface area contributed by atoms with Gasteiger partial charge in [0.1, 0.15) is 0 Å². The first-order valence-corrected chi connectivity index (χ1v) is 13.7. The van der Waals surface area contributed by atoms with Gasteiger partial charge in [-0.15, -0.1) is 6.58 Å². The fourth-order valence-electron chi connectivity index (χ4n) is 3.13. The molecule has 0 heteroatoms. The minimum absolute atomic E-state index is 0.531. The van der Waals surface area contributed by atoms with Gasteiger partial charge in [-0.1, -0.05) is 147 Å². The quantitative estimate of drug-likeness (QED) is 0.207. The van der Waals surface area contributed by atoms with E-state index < -0.39 is 0 Å². The highest BCUT2D eigenvalue weighted by Gasteiger charge is 2.03. The minimum Gasteiger partial charge on any atom is -0.103 e. The molecule has 0 amide bonds. The summed E-state index contributed by atoms with van der Waals surface area (Å²) in [6, 6.07) is 10.6. The molecule has 2 atom stereocenters. The van der Waals surface area contributed by atoms with Crippen LogP contribution in [-0.4, -0.2) is 0 Å². The van der Waals surface area contributed by atoms with E-state index >= 15 is 0 Å². The van der Waals surface area contributed by atoms with Crippen LogP contribution in [0.3, 0.4) is 0 Å². The van der Waals surface area contributed by atoms with Crippen LogP contribution in [0.25, 0.3) is 0 Å². The van der Waals surface area contributed by atoms with Crippen molar-refractivity contribution in [3.05, 3.63) is 109 Å². The Bertz CT molecular complexity index is 712. The summed E-state index contributed by atoms with van der Waals surface area (Å²) in [5, 5.41) is 0. The van der Waals surface area contributed by atoms with Crippen molar-refractivity contribution in [3.8, 4) is 0 Å². The predicted molar refractivity (Wildman–Crippen MR) is 166 cm³/mol. The summed E-state index contributed by atoms with van der Waals surface area (Å²) >= 11 is 0. The fraction of sp³-hybridized carbons (Fsp3) is 0.486. The maximum atomic E-state index is 4.21. The Hall–Kier alpha value is -2.34. The molecule has 0 aliphatic rings. The topological polar surface area (TPSA) is 0 Å². The highest BCUT2D eigenvalue weighted by molar-refractivity contribution is 5.41. The van der Waals surface area contributed by atoms with Crippen LogP contribution in [0.15, 0.2) is 103 Å². The Labute approximate surface area is 221 Å². The smallest absolute Gasteiger partial charge is 0.00293 e. The molecule has 1 aromatic carbocycles. The Balaban J connectivity index is -0.000000654. The van der Waals surface area contributed by atoms with Crippen LogP contribution >= 0.6 is 0 Å². The van der Waals surface area contributed by atoms with Gasteiger partial charge in [0.25, 0.3) is 0 Å². The lowest BCUT2D eigenvalue weighted by Crippen LogP contribution is -1.92. The molecule has 0 saturated carbocycles. The highest BCUT2D eigenvalue weighted by Crippen LogP contribution is 2.22. The summed E-state index contributed by atoms with van der Waals surface area (Å²) in [5.41, 5.74) is 4.95. The fourth-order valence-corrected chi connectivity index (χ4v) is 3.13. The Morgan fingerprint density at radius 1 is 0.943 bits per heavy atom. The van der Waals surface area contributed by atoms with Crippen molar-refractivity contribution in [2.24, 2.45) is 5.92 Å². The van der Waals surface area contributed by atoms with E-state index in [1.54, 1.807) is 6.08 Å². The van der Waals surface area contributed by atoms with Crippen LogP contribution in [-0.2, 0) is 0 Å². The molecule has 0 saturated heterocycles. The van der Waals surface area contributed by atoms with Gasteiger partial charge in [-0.05, 0) is 67.7 Å². The molecule has 0 radical (unpaired) electrons. The van der Waals surface area contributed by atoms with E-state index in [-0.39, 0.29) is 0 Å². The van der Waals surface area contributed by atoms with Crippen LogP contribution in [0.5, 0.6) is 0 Å². The lowest BCUT2D eigenvalue weighted by molar-refractivity contribution is 0.492. The largest absolute Gasteiger partial charge is 0.103 e. The van der Waals surface area contributed by atoms with Crippen LogP contribution in [0.1, 0.15) is 112 Å². The van der Waals surface area contributed by atoms with Gasteiger partial charge in [0.2, 0.25) is 0 Å². The van der Waals surface area contributed by atoms with Crippen LogP contribution in [0, 0.1) is 5.92 Å². The monoisotopic (exact) mass is 478 g/mol. The molecule has 0 aromatic heterocycles. The molecule has 0 nitrogen and oxygen atoms in total. The first-order chi connectivity index (χ1) is 16.8. The zero-order valence-electron chi connectivity index (χ0n) is 24.9. The molecule has 1 aromatic rings. The van der Waals surface area contributed by atoms with Crippen LogP contribution in [0.4, 0.5) is 0 Å². The maximum Gasteiger partial charge on any atom is -0.00293 e.